The van der Waals surface area contributed by atoms with E-state index in [-0.39, 0.29) is 23.7 Å². The van der Waals surface area contributed by atoms with E-state index in [0.717, 1.165) is 11.1 Å². The number of ether oxygens (including phenoxy) is 1. The van der Waals surface area contributed by atoms with Crippen molar-refractivity contribution in [2.45, 2.75) is 18.7 Å². The SMILES string of the molecule is COC(=O)CCN1C(=O)CSC1c1ccccc1C. The molecule has 1 saturated heterocycles. The number of esters is 1. The van der Waals surface area contributed by atoms with E-state index in [1.54, 1.807) is 16.7 Å². The van der Waals surface area contributed by atoms with E-state index in [1.165, 1.54) is 7.11 Å². The molecule has 2 rings (SSSR count). The molecule has 4 nitrogen and oxygen atoms in total. The Morgan fingerprint density at radius 2 is 2.21 bits per heavy atom. The zero-order valence-electron chi connectivity index (χ0n) is 11.1. The summed E-state index contributed by atoms with van der Waals surface area (Å²) in [5.41, 5.74) is 2.31. The second kappa shape index (κ2) is 6.10. The van der Waals surface area contributed by atoms with Gasteiger partial charge in [0, 0.05) is 6.54 Å². The molecule has 1 atom stereocenters. The smallest absolute Gasteiger partial charge is 0.307 e. The van der Waals surface area contributed by atoms with E-state index in [0.29, 0.717) is 12.3 Å². The zero-order chi connectivity index (χ0) is 13.8. The number of hydrogen-bond donors (Lipinski definition) is 0. The van der Waals surface area contributed by atoms with Gasteiger partial charge < -0.3 is 9.64 Å². The van der Waals surface area contributed by atoms with Gasteiger partial charge in [-0.15, -0.1) is 11.8 Å². The van der Waals surface area contributed by atoms with Crippen LogP contribution in [0.25, 0.3) is 0 Å². The highest BCUT2D eigenvalue weighted by Gasteiger charge is 2.33. The predicted octanol–water partition coefficient (Wildman–Crippen LogP) is 2.13. The Morgan fingerprint density at radius 3 is 2.89 bits per heavy atom. The normalized spacial score (nSPS) is 18.7. The van der Waals surface area contributed by atoms with Crippen molar-refractivity contribution in [2.24, 2.45) is 0 Å². The van der Waals surface area contributed by atoms with E-state index in [9.17, 15) is 9.59 Å². The number of benzene rings is 1. The summed E-state index contributed by atoms with van der Waals surface area (Å²) in [5.74, 6) is 0.274. The summed E-state index contributed by atoms with van der Waals surface area (Å²) in [6, 6.07) is 8.04. The van der Waals surface area contributed by atoms with Gasteiger partial charge in [0.2, 0.25) is 5.91 Å². The molecule has 102 valence electrons. The van der Waals surface area contributed by atoms with Gasteiger partial charge in [-0.3, -0.25) is 9.59 Å². The van der Waals surface area contributed by atoms with Gasteiger partial charge in [-0.05, 0) is 18.1 Å². The molecular formula is C14H17NO3S. The minimum Gasteiger partial charge on any atom is -0.469 e. The van der Waals surface area contributed by atoms with Gasteiger partial charge in [-0.1, -0.05) is 24.3 Å². The van der Waals surface area contributed by atoms with Crippen LogP contribution in [-0.2, 0) is 14.3 Å². The zero-order valence-corrected chi connectivity index (χ0v) is 11.9. The van der Waals surface area contributed by atoms with Gasteiger partial charge in [0.1, 0.15) is 5.37 Å². The maximum Gasteiger partial charge on any atom is 0.307 e. The van der Waals surface area contributed by atoms with Crippen molar-refractivity contribution in [3.05, 3.63) is 35.4 Å². The first-order valence-corrected chi connectivity index (χ1v) is 7.21. The monoisotopic (exact) mass is 279 g/mol. The maximum atomic E-state index is 11.9. The molecule has 0 N–H and O–H groups in total. The Balaban J connectivity index is 2.13. The molecule has 0 radical (unpaired) electrons. The number of aryl methyl sites for hydroxylation is 1. The molecule has 0 spiro atoms. The van der Waals surface area contributed by atoms with Crippen molar-refractivity contribution < 1.29 is 14.3 Å². The highest BCUT2D eigenvalue weighted by Crippen LogP contribution is 2.39. The summed E-state index contributed by atoms with van der Waals surface area (Å²) in [5, 5.41) is 0.0124. The fourth-order valence-corrected chi connectivity index (χ4v) is 3.44. The van der Waals surface area contributed by atoms with E-state index < -0.39 is 0 Å². The molecule has 5 heteroatoms. The summed E-state index contributed by atoms with van der Waals surface area (Å²) in [6.45, 7) is 2.45. The summed E-state index contributed by atoms with van der Waals surface area (Å²) in [7, 11) is 1.36. The molecule has 1 aliphatic heterocycles. The van der Waals surface area contributed by atoms with Gasteiger partial charge in [-0.25, -0.2) is 0 Å². The van der Waals surface area contributed by atoms with Crippen molar-refractivity contribution >= 4 is 23.6 Å². The lowest BCUT2D eigenvalue weighted by Gasteiger charge is -2.25. The molecule has 0 aromatic heterocycles. The minimum absolute atomic E-state index is 0.0124. The van der Waals surface area contributed by atoms with Crippen molar-refractivity contribution in [3.8, 4) is 0 Å². The first-order chi connectivity index (χ1) is 9.13. The number of methoxy groups -OCH3 is 1. The molecule has 0 aliphatic carbocycles. The third-order valence-corrected chi connectivity index (χ3v) is 4.44. The lowest BCUT2D eigenvalue weighted by molar-refractivity contribution is -0.141. The van der Waals surface area contributed by atoms with Gasteiger partial charge in [0.05, 0.1) is 19.3 Å². The highest BCUT2D eigenvalue weighted by atomic mass is 32.2. The largest absolute Gasteiger partial charge is 0.469 e. The lowest BCUT2D eigenvalue weighted by atomic mass is 10.1. The molecule has 1 heterocycles. The molecule has 1 aromatic carbocycles. The van der Waals surface area contributed by atoms with Crippen LogP contribution in [0, 0.1) is 6.92 Å². The number of hydrogen-bond acceptors (Lipinski definition) is 4. The number of carbonyl (C=O) groups is 2. The molecule has 1 amide bonds. The molecule has 1 aliphatic rings. The summed E-state index contributed by atoms with van der Waals surface area (Å²) < 4.78 is 4.63. The standard InChI is InChI=1S/C14H17NO3S/c1-10-5-3-4-6-11(10)14-15(12(16)9-19-14)8-7-13(17)18-2/h3-6,14H,7-9H2,1-2H3. The Bertz CT molecular complexity index is 489. The van der Waals surface area contributed by atoms with Crippen LogP contribution in [-0.4, -0.2) is 36.2 Å². The van der Waals surface area contributed by atoms with Crippen LogP contribution < -0.4 is 0 Å². The first kappa shape index (κ1) is 13.9. The van der Waals surface area contributed by atoms with Gasteiger partial charge in [-0.2, -0.15) is 0 Å². The molecule has 1 fully saturated rings. The van der Waals surface area contributed by atoms with Crippen LogP contribution in [0.4, 0.5) is 0 Å². The van der Waals surface area contributed by atoms with Crippen LogP contribution in [0.3, 0.4) is 0 Å². The number of amides is 1. The van der Waals surface area contributed by atoms with E-state index in [1.807, 2.05) is 31.2 Å². The molecule has 1 aromatic rings. The fraction of sp³-hybridized carbons (Fsp3) is 0.429. The van der Waals surface area contributed by atoms with Crippen LogP contribution in [0.1, 0.15) is 22.9 Å². The van der Waals surface area contributed by atoms with Crippen LogP contribution in [0.15, 0.2) is 24.3 Å². The quantitative estimate of drug-likeness (QED) is 0.792. The van der Waals surface area contributed by atoms with Crippen LogP contribution >= 0.6 is 11.8 Å². The Hall–Kier alpha value is -1.49. The third-order valence-electron chi connectivity index (χ3n) is 3.21. The maximum absolute atomic E-state index is 11.9. The summed E-state index contributed by atoms with van der Waals surface area (Å²) in [4.78, 5) is 24.9. The van der Waals surface area contributed by atoms with E-state index in [2.05, 4.69) is 4.74 Å². The second-order valence-corrected chi connectivity index (χ2v) is 5.50. The number of carbonyl (C=O) groups excluding carboxylic acids is 2. The molecule has 0 saturated carbocycles. The van der Waals surface area contributed by atoms with Crippen molar-refractivity contribution in [1.29, 1.82) is 0 Å². The fourth-order valence-electron chi connectivity index (χ4n) is 2.13. The van der Waals surface area contributed by atoms with Crippen LogP contribution in [0.5, 0.6) is 0 Å². The summed E-state index contributed by atoms with van der Waals surface area (Å²) >= 11 is 1.61. The third kappa shape index (κ3) is 3.10. The average molecular weight is 279 g/mol. The van der Waals surface area contributed by atoms with Gasteiger partial charge in [0.25, 0.3) is 0 Å². The summed E-state index contributed by atoms with van der Waals surface area (Å²) in [6.07, 6.45) is 0.241. The second-order valence-electron chi connectivity index (χ2n) is 4.43. The molecule has 0 bridgehead atoms. The van der Waals surface area contributed by atoms with E-state index >= 15 is 0 Å². The Kier molecular flexibility index (Phi) is 4.47. The Labute approximate surface area is 117 Å². The number of thioether (sulfide) groups is 1. The van der Waals surface area contributed by atoms with Crippen molar-refractivity contribution in [2.75, 3.05) is 19.4 Å². The van der Waals surface area contributed by atoms with Gasteiger partial charge in [0.15, 0.2) is 0 Å². The topological polar surface area (TPSA) is 46.6 Å². The molecular weight excluding hydrogens is 262 g/mol. The van der Waals surface area contributed by atoms with Crippen molar-refractivity contribution in [1.82, 2.24) is 4.90 Å². The minimum atomic E-state index is -0.284. The van der Waals surface area contributed by atoms with Gasteiger partial charge >= 0.3 is 5.97 Å². The average Bonchev–Trinajstić information content (AvgIpc) is 2.78. The van der Waals surface area contributed by atoms with Crippen LogP contribution in [0.2, 0.25) is 0 Å². The number of rotatable bonds is 4. The van der Waals surface area contributed by atoms with Crippen molar-refractivity contribution in [3.63, 3.8) is 0 Å². The van der Waals surface area contributed by atoms with E-state index in [4.69, 9.17) is 0 Å². The highest BCUT2D eigenvalue weighted by molar-refractivity contribution is 8.00. The molecule has 19 heavy (non-hydrogen) atoms. The predicted molar refractivity (Wildman–Crippen MR) is 74.7 cm³/mol. The molecule has 1 unspecified atom stereocenters. The number of nitrogens with zero attached hydrogens (tertiary/aromatic N) is 1. The first-order valence-electron chi connectivity index (χ1n) is 6.17. The lowest BCUT2D eigenvalue weighted by Crippen LogP contribution is -2.31. The Morgan fingerprint density at radius 1 is 1.47 bits per heavy atom.